The van der Waals surface area contributed by atoms with E-state index in [4.69, 9.17) is 0 Å². The Labute approximate surface area is 268 Å². The molecular weight excluding hydrogens is 562 g/mol. The van der Waals surface area contributed by atoms with Gasteiger partial charge in [-0.1, -0.05) is 72.8 Å². The summed E-state index contributed by atoms with van der Waals surface area (Å²) in [6.45, 7) is 0. The standard InChI is InChI=1S/C26H18N2O7S2.2Na.2H/c29-26-22-8-4-3-7-21(22)24(37(33,34)35)15-23(26)27-28-25-19-6-2-1-5-16(19)11-14-20(25)17-9-12-18(13-10-17)36(30,31)32;;;;/h1-15,29H,(H,30,31,32)(H,33,34,35);;;;/b28-27+;;;;. The summed E-state index contributed by atoms with van der Waals surface area (Å²) in [6, 6.07) is 23.7. The van der Waals surface area contributed by atoms with E-state index < -0.39 is 25.1 Å². The van der Waals surface area contributed by atoms with E-state index in [0.717, 1.165) is 11.5 Å². The van der Waals surface area contributed by atoms with Gasteiger partial charge in [-0.2, -0.15) is 16.8 Å². The van der Waals surface area contributed by atoms with Crippen molar-refractivity contribution < 1.29 is 31.0 Å². The summed E-state index contributed by atoms with van der Waals surface area (Å²) in [5.74, 6) is -0.314. The van der Waals surface area contributed by atoms with E-state index in [9.17, 15) is 31.0 Å². The van der Waals surface area contributed by atoms with Crippen LogP contribution in [0.3, 0.4) is 0 Å². The van der Waals surface area contributed by atoms with Gasteiger partial charge in [0.1, 0.15) is 16.3 Å². The topological polar surface area (TPSA) is 154 Å². The summed E-state index contributed by atoms with van der Waals surface area (Å²) < 4.78 is 66.0. The van der Waals surface area contributed by atoms with Crippen LogP contribution >= 0.6 is 0 Å². The first-order chi connectivity index (χ1) is 17.5. The molecule has 13 heteroatoms. The minimum atomic E-state index is -4.64. The molecule has 5 aromatic carbocycles. The number of hydrogen-bond acceptors (Lipinski definition) is 7. The number of hydrogen-bond donors (Lipinski definition) is 3. The molecule has 0 spiro atoms. The van der Waals surface area contributed by atoms with Crippen molar-refractivity contribution in [2.75, 3.05) is 0 Å². The number of benzene rings is 5. The van der Waals surface area contributed by atoms with Gasteiger partial charge in [0.15, 0.2) is 5.75 Å². The Kier molecular flexibility index (Phi) is 9.77. The molecule has 0 bridgehead atoms. The molecule has 0 atom stereocenters. The van der Waals surface area contributed by atoms with Crippen LogP contribution in [0.25, 0.3) is 32.7 Å². The van der Waals surface area contributed by atoms with Crippen molar-refractivity contribution in [2.45, 2.75) is 9.79 Å². The first-order valence-corrected chi connectivity index (χ1v) is 13.7. The van der Waals surface area contributed by atoms with Crippen LogP contribution in [0.2, 0.25) is 0 Å². The molecule has 3 N–H and O–H groups in total. The molecule has 0 aliphatic carbocycles. The summed E-state index contributed by atoms with van der Waals surface area (Å²) in [7, 11) is -9.01. The molecule has 0 heterocycles. The number of aromatic hydroxyl groups is 1. The number of nitrogens with zero attached hydrogens (tertiary/aromatic N) is 2. The third-order valence-corrected chi connectivity index (χ3v) is 7.62. The first-order valence-electron chi connectivity index (χ1n) is 10.8. The van der Waals surface area contributed by atoms with Crippen LogP contribution in [0, 0.1) is 0 Å². The Hall–Kier alpha value is -2.16. The van der Waals surface area contributed by atoms with Gasteiger partial charge in [-0.05, 0) is 29.1 Å². The average molecular weight is 583 g/mol. The van der Waals surface area contributed by atoms with Crippen LogP contribution in [-0.2, 0) is 20.2 Å². The van der Waals surface area contributed by atoms with Crippen LogP contribution in [0.1, 0.15) is 0 Å². The van der Waals surface area contributed by atoms with Crippen molar-refractivity contribution in [1.82, 2.24) is 0 Å². The molecule has 5 aromatic rings. The minimum absolute atomic E-state index is 0. The molecule has 0 saturated carbocycles. The van der Waals surface area contributed by atoms with Crippen LogP contribution in [0.4, 0.5) is 11.4 Å². The van der Waals surface area contributed by atoms with Gasteiger partial charge in [-0.25, -0.2) is 0 Å². The van der Waals surface area contributed by atoms with Crippen LogP contribution in [0.5, 0.6) is 5.75 Å². The van der Waals surface area contributed by atoms with Gasteiger partial charge in [-0.3, -0.25) is 9.11 Å². The molecule has 39 heavy (non-hydrogen) atoms. The van der Waals surface area contributed by atoms with Gasteiger partial charge < -0.3 is 5.11 Å². The Balaban J connectivity index is 0.00000210. The molecule has 190 valence electrons. The second kappa shape index (κ2) is 12.1. The molecule has 0 aliphatic heterocycles. The maximum absolute atomic E-state index is 12.0. The molecule has 5 rings (SSSR count). The van der Waals surface area contributed by atoms with Crippen LogP contribution < -0.4 is 0 Å². The van der Waals surface area contributed by atoms with Crippen molar-refractivity contribution >= 4 is 112 Å². The van der Waals surface area contributed by atoms with E-state index in [0.29, 0.717) is 22.2 Å². The first kappa shape index (κ1) is 31.4. The summed E-state index contributed by atoms with van der Waals surface area (Å²) in [4.78, 5) is -0.687. The second-order valence-corrected chi connectivity index (χ2v) is 11.0. The van der Waals surface area contributed by atoms with Crippen molar-refractivity contribution in [3.8, 4) is 16.9 Å². The fourth-order valence-corrected chi connectivity index (χ4v) is 5.31. The molecule has 0 radical (unpaired) electrons. The van der Waals surface area contributed by atoms with Gasteiger partial charge >= 0.3 is 59.1 Å². The summed E-state index contributed by atoms with van der Waals surface area (Å²) in [5.41, 5.74) is 1.35. The molecule has 0 saturated heterocycles. The van der Waals surface area contributed by atoms with Gasteiger partial charge in [0.05, 0.1) is 4.90 Å². The van der Waals surface area contributed by atoms with E-state index >= 15 is 0 Å². The van der Waals surface area contributed by atoms with E-state index in [1.54, 1.807) is 24.3 Å². The SMILES string of the molecule is O=S(=O)(O)c1ccc(-c2ccc3ccccc3c2/N=N/c2cc(S(=O)(=O)O)c3ccccc3c2O)cc1.[NaH].[NaH]. The van der Waals surface area contributed by atoms with E-state index in [1.165, 1.54) is 36.4 Å². The predicted molar refractivity (Wildman–Crippen MR) is 153 cm³/mol. The molecular formula is C26H20N2Na2O7S2. The number of rotatable bonds is 5. The second-order valence-electron chi connectivity index (χ2n) is 8.15. The molecule has 0 aromatic heterocycles. The fourth-order valence-electron chi connectivity index (χ4n) is 4.11. The summed E-state index contributed by atoms with van der Waals surface area (Å²) in [6.07, 6.45) is 0. The van der Waals surface area contributed by atoms with Crippen LogP contribution in [0.15, 0.2) is 111 Å². The average Bonchev–Trinajstić information content (AvgIpc) is 2.87. The third-order valence-electron chi connectivity index (χ3n) is 5.86. The predicted octanol–water partition coefficient (Wildman–Crippen LogP) is 4.98. The van der Waals surface area contributed by atoms with Crippen molar-refractivity contribution in [3.63, 3.8) is 0 Å². The van der Waals surface area contributed by atoms with E-state index in [1.807, 2.05) is 24.3 Å². The van der Waals surface area contributed by atoms with Crippen LogP contribution in [-0.4, -0.2) is 90.2 Å². The van der Waals surface area contributed by atoms with Crippen molar-refractivity contribution in [1.29, 1.82) is 0 Å². The Morgan fingerprint density at radius 2 is 1.21 bits per heavy atom. The van der Waals surface area contributed by atoms with Gasteiger partial charge in [0, 0.05) is 21.7 Å². The van der Waals surface area contributed by atoms with Crippen molar-refractivity contribution in [2.24, 2.45) is 10.2 Å². The Bertz CT molecular complexity index is 1950. The number of azo groups is 1. The molecule has 0 unspecified atom stereocenters. The molecule has 9 nitrogen and oxygen atoms in total. The zero-order chi connectivity index (χ0) is 26.4. The van der Waals surface area contributed by atoms with E-state index in [2.05, 4.69) is 10.2 Å². The van der Waals surface area contributed by atoms with Crippen molar-refractivity contribution in [3.05, 3.63) is 91.0 Å². The van der Waals surface area contributed by atoms with Gasteiger partial charge in [-0.15, -0.1) is 10.2 Å². The Morgan fingerprint density at radius 1 is 0.615 bits per heavy atom. The fraction of sp³-hybridized carbons (Fsp3) is 0. The van der Waals surface area contributed by atoms with E-state index in [-0.39, 0.29) is 86.2 Å². The van der Waals surface area contributed by atoms with Gasteiger partial charge in [0.25, 0.3) is 20.2 Å². The number of phenols is 1. The molecule has 0 aliphatic rings. The number of phenolic OH excluding ortho intramolecular Hbond substituents is 1. The number of fused-ring (bicyclic) bond motifs is 2. The van der Waals surface area contributed by atoms with Gasteiger partial charge in [0.2, 0.25) is 0 Å². The molecule has 0 amide bonds. The zero-order valence-electron chi connectivity index (χ0n) is 18.8. The molecule has 0 fully saturated rings. The third kappa shape index (κ3) is 6.44. The normalized spacial score (nSPS) is 11.8. The summed E-state index contributed by atoms with van der Waals surface area (Å²) >= 11 is 0. The maximum atomic E-state index is 12.0. The zero-order valence-corrected chi connectivity index (χ0v) is 20.5. The summed E-state index contributed by atoms with van der Waals surface area (Å²) in [5, 5.41) is 21.2. The quantitative estimate of drug-likeness (QED) is 0.150. The monoisotopic (exact) mass is 582 g/mol. The Morgan fingerprint density at radius 3 is 1.82 bits per heavy atom.